The van der Waals surface area contributed by atoms with Crippen molar-refractivity contribution < 1.29 is 0 Å². The lowest BCUT2D eigenvalue weighted by Gasteiger charge is -2.62. The molecule has 3 fully saturated rings. The highest BCUT2D eigenvalue weighted by Gasteiger charge is 2.56. The average Bonchev–Trinajstić information content (AvgIpc) is 2.70. The maximum Gasteiger partial charge on any atom is -0.0264 e. The van der Waals surface area contributed by atoms with E-state index in [2.05, 4.69) is 48.5 Å². The van der Waals surface area contributed by atoms with Crippen molar-refractivity contribution in [2.75, 3.05) is 0 Å². The maximum atomic E-state index is 2.72. The third kappa shape index (κ3) is 4.23. The lowest BCUT2D eigenvalue weighted by atomic mass is 9.43. The zero-order valence-corrected chi connectivity index (χ0v) is 21.1. The fraction of sp³-hybridized carbons (Fsp3) is 1.00. The van der Waals surface area contributed by atoms with Crippen LogP contribution in [0.15, 0.2) is 0 Å². The van der Waals surface area contributed by atoms with Crippen molar-refractivity contribution in [2.45, 2.75) is 127 Å². The van der Waals surface area contributed by atoms with Crippen molar-refractivity contribution in [1.29, 1.82) is 0 Å². The molecular weight excluding hydrogens is 336 g/mol. The van der Waals surface area contributed by atoms with Gasteiger partial charge in [0, 0.05) is 0 Å². The normalized spacial score (nSPS) is 47.5. The van der Waals surface area contributed by atoms with E-state index in [1.807, 2.05) is 13.8 Å². The topological polar surface area (TPSA) is 0 Å². The van der Waals surface area contributed by atoms with Crippen LogP contribution in [0.1, 0.15) is 127 Å². The molecule has 3 rings (SSSR count). The first-order valence-corrected chi connectivity index (χ1v) is 13.3. The first kappa shape index (κ1) is 24.3. The van der Waals surface area contributed by atoms with Crippen LogP contribution in [0.25, 0.3) is 0 Å². The van der Waals surface area contributed by atoms with Crippen molar-refractivity contribution in [1.82, 2.24) is 0 Å². The van der Waals surface area contributed by atoms with Gasteiger partial charge in [0.2, 0.25) is 0 Å². The van der Waals surface area contributed by atoms with Crippen LogP contribution >= 0.6 is 0 Å². The second-order valence-electron chi connectivity index (χ2n) is 11.5. The molecule has 0 aromatic rings. The molecular formula is C28H54. The second kappa shape index (κ2) is 9.87. The largest absolute Gasteiger partial charge is 0.0683 e. The summed E-state index contributed by atoms with van der Waals surface area (Å²) in [6, 6.07) is 0. The summed E-state index contributed by atoms with van der Waals surface area (Å²) in [7, 11) is 0. The molecule has 3 aliphatic rings. The number of rotatable bonds is 4. The molecule has 0 aromatic carbocycles. The summed E-state index contributed by atoms with van der Waals surface area (Å²) in [4.78, 5) is 0. The van der Waals surface area contributed by atoms with Gasteiger partial charge in [-0.3, -0.25) is 0 Å². The molecule has 0 saturated heterocycles. The minimum atomic E-state index is 0.609. The van der Waals surface area contributed by atoms with Crippen molar-refractivity contribution in [2.24, 2.45) is 52.3 Å². The minimum absolute atomic E-state index is 0.609. The highest BCUT2D eigenvalue weighted by molar-refractivity contribution is 5.05. The van der Waals surface area contributed by atoms with E-state index >= 15 is 0 Å². The van der Waals surface area contributed by atoms with E-state index in [9.17, 15) is 0 Å². The summed E-state index contributed by atoms with van der Waals surface area (Å²) in [5.41, 5.74) is 1.24. The fourth-order valence-electron chi connectivity index (χ4n) is 8.48. The molecule has 28 heavy (non-hydrogen) atoms. The molecule has 0 spiro atoms. The Bertz CT molecular complexity index is 467. The Morgan fingerprint density at radius 2 is 1.46 bits per heavy atom. The molecule has 0 aromatic heterocycles. The summed E-state index contributed by atoms with van der Waals surface area (Å²) in [6.45, 7) is 22.0. The van der Waals surface area contributed by atoms with Gasteiger partial charge in [-0.25, -0.2) is 0 Å². The number of hydrogen-bond acceptors (Lipinski definition) is 0. The average molecular weight is 391 g/mol. The molecule has 3 aliphatic carbocycles. The maximum absolute atomic E-state index is 2.72. The van der Waals surface area contributed by atoms with Crippen molar-refractivity contribution in [3.05, 3.63) is 0 Å². The minimum Gasteiger partial charge on any atom is -0.0683 e. The van der Waals surface area contributed by atoms with Gasteiger partial charge in [-0.05, 0) is 90.8 Å². The van der Waals surface area contributed by atoms with Crippen molar-refractivity contribution in [3.63, 3.8) is 0 Å². The van der Waals surface area contributed by atoms with Crippen LogP contribution < -0.4 is 0 Å². The third-order valence-electron chi connectivity index (χ3n) is 10.5. The van der Waals surface area contributed by atoms with Gasteiger partial charge in [-0.1, -0.05) is 88.0 Å². The molecule has 166 valence electrons. The summed E-state index contributed by atoms with van der Waals surface area (Å²) >= 11 is 0. The molecule has 0 bridgehead atoms. The van der Waals surface area contributed by atoms with E-state index in [4.69, 9.17) is 0 Å². The van der Waals surface area contributed by atoms with E-state index in [-0.39, 0.29) is 0 Å². The predicted octanol–water partition coefficient (Wildman–Crippen LogP) is 9.38. The molecule has 0 heteroatoms. The van der Waals surface area contributed by atoms with E-state index in [1.54, 1.807) is 0 Å². The summed E-state index contributed by atoms with van der Waals surface area (Å²) in [5, 5.41) is 0. The molecule has 0 aliphatic heterocycles. The molecule has 3 saturated carbocycles. The molecule has 0 heterocycles. The quantitative estimate of drug-likeness (QED) is 0.448. The standard InChI is InChI=1S/C26H48.C2H6/c1-8-19(4)22-11-10-12-23-21(9-2)24(14-16-26(22,23)7)25(6)15-13-18(3)17-20(25)5;1-2/h18-24H,8-17H2,1-7H3;1-2H3/t18-,19-,20?,21?,22?,23?,24?,25-,26+;/m0./s1. The second-order valence-corrected chi connectivity index (χ2v) is 11.5. The molecule has 0 radical (unpaired) electrons. The van der Waals surface area contributed by atoms with Crippen LogP contribution in [0.4, 0.5) is 0 Å². The smallest absolute Gasteiger partial charge is 0.0264 e. The summed E-state index contributed by atoms with van der Waals surface area (Å²) in [5.74, 6) is 6.76. The van der Waals surface area contributed by atoms with Gasteiger partial charge in [-0.15, -0.1) is 0 Å². The Morgan fingerprint density at radius 3 is 2.04 bits per heavy atom. The Kier molecular flexibility index (Phi) is 8.56. The van der Waals surface area contributed by atoms with Crippen LogP contribution in [0.3, 0.4) is 0 Å². The SMILES string of the molecule is CC.CCC1C([C@@]2(C)CC[C@H](C)CC2C)CC[C@@]2(C)C1CCCC2[C@@H](C)CC. The Labute approximate surface area is 179 Å². The van der Waals surface area contributed by atoms with E-state index in [0.717, 1.165) is 41.4 Å². The first-order chi connectivity index (χ1) is 13.3. The fourth-order valence-corrected chi connectivity index (χ4v) is 8.48. The van der Waals surface area contributed by atoms with Crippen molar-refractivity contribution in [3.8, 4) is 0 Å². The Hall–Kier alpha value is 0. The zero-order valence-electron chi connectivity index (χ0n) is 21.1. The van der Waals surface area contributed by atoms with Crippen LogP contribution in [-0.4, -0.2) is 0 Å². The molecule has 0 amide bonds. The highest BCUT2D eigenvalue weighted by atomic mass is 14.6. The van der Waals surface area contributed by atoms with E-state index < -0.39 is 0 Å². The van der Waals surface area contributed by atoms with Crippen LogP contribution in [-0.2, 0) is 0 Å². The monoisotopic (exact) mass is 390 g/mol. The summed E-state index contributed by atoms with van der Waals surface area (Å²) < 4.78 is 0. The first-order valence-electron chi connectivity index (χ1n) is 13.3. The lowest BCUT2D eigenvalue weighted by Crippen LogP contribution is -2.54. The van der Waals surface area contributed by atoms with Gasteiger partial charge in [0.1, 0.15) is 0 Å². The van der Waals surface area contributed by atoms with Gasteiger partial charge in [0.05, 0.1) is 0 Å². The van der Waals surface area contributed by atoms with Crippen LogP contribution in [0.2, 0.25) is 0 Å². The molecule has 0 N–H and O–H groups in total. The number of fused-ring (bicyclic) bond motifs is 1. The Balaban J connectivity index is 0.00000136. The highest BCUT2D eigenvalue weighted by Crippen LogP contribution is 2.64. The van der Waals surface area contributed by atoms with Gasteiger partial charge in [0.25, 0.3) is 0 Å². The molecule has 9 atom stereocenters. The van der Waals surface area contributed by atoms with E-state index in [0.29, 0.717) is 10.8 Å². The van der Waals surface area contributed by atoms with Gasteiger partial charge in [0.15, 0.2) is 0 Å². The van der Waals surface area contributed by atoms with Crippen LogP contribution in [0, 0.1) is 52.3 Å². The summed E-state index contributed by atoms with van der Waals surface area (Å²) in [6.07, 6.45) is 14.8. The third-order valence-corrected chi connectivity index (χ3v) is 10.5. The molecule has 0 nitrogen and oxygen atoms in total. The van der Waals surface area contributed by atoms with E-state index in [1.165, 1.54) is 64.2 Å². The predicted molar refractivity (Wildman–Crippen MR) is 127 cm³/mol. The van der Waals surface area contributed by atoms with Crippen molar-refractivity contribution >= 4 is 0 Å². The Morgan fingerprint density at radius 1 is 0.857 bits per heavy atom. The zero-order chi connectivity index (χ0) is 21.1. The van der Waals surface area contributed by atoms with Gasteiger partial charge < -0.3 is 0 Å². The number of hydrogen-bond donors (Lipinski definition) is 0. The molecule has 5 unspecified atom stereocenters. The van der Waals surface area contributed by atoms with Gasteiger partial charge in [-0.2, -0.15) is 0 Å². The lowest BCUT2D eigenvalue weighted by molar-refractivity contribution is -0.125. The van der Waals surface area contributed by atoms with Crippen LogP contribution in [0.5, 0.6) is 0 Å². The van der Waals surface area contributed by atoms with Gasteiger partial charge >= 0.3 is 0 Å².